The predicted octanol–water partition coefficient (Wildman–Crippen LogP) is 0.978. The molecule has 0 aromatic rings. The first kappa shape index (κ1) is 16.5. The maximum atomic E-state index is 12.8. The third-order valence-corrected chi connectivity index (χ3v) is 4.32. The van der Waals surface area contributed by atoms with E-state index in [9.17, 15) is 14.4 Å². The van der Waals surface area contributed by atoms with Crippen molar-refractivity contribution in [2.24, 2.45) is 4.99 Å². The second-order valence-corrected chi connectivity index (χ2v) is 6.27. The minimum Gasteiger partial charge on any atom is -0.295 e. The molecule has 2 unspecified atom stereocenters. The molecule has 7 nitrogen and oxygen atoms in total. The first-order valence-corrected chi connectivity index (χ1v) is 7.59. The predicted molar refractivity (Wildman–Crippen MR) is 85.2 cm³/mol. The van der Waals surface area contributed by atoms with Crippen molar-refractivity contribution >= 4 is 44.2 Å². The summed E-state index contributed by atoms with van der Waals surface area (Å²) in [5, 5.41) is 0. The fourth-order valence-electron chi connectivity index (χ4n) is 2.45. The number of imide groups is 1. The lowest BCUT2D eigenvalue weighted by atomic mass is 10.1. The van der Waals surface area contributed by atoms with E-state index >= 15 is 0 Å². The Hall–Kier alpha value is -1.83. The molecule has 0 spiro atoms. The Labute approximate surface area is 137 Å². The van der Waals surface area contributed by atoms with Crippen LogP contribution in [0.25, 0.3) is 0 Å². The summed E-state index contributed by atoms with van der Waals surface area (Å²) < 4.78 is 1.97. The molecular formula is C14H18BrN4O3+. The number of aliphatic imine (C=N–C) groups is 1. The molecule has 0 aromatic heterocycles. The highest BCUT2D eigenvalue weighted by molar-refractivity contribution is 9.18. The van der Waals surface area contributed by atoms with Crippen LogP contribution in [-0.2, 0) is 9.59 Å². The SMILES string of the molecule is C=C(C)CN1C(=O)C2C(=NC(Br)=[N+]2C(C)C(C)=O)N(C)C1=O. The maximum Gasteiger partial charge on any atom is 0.365 e. The number of rotatable bonds is 4. The quantitative estimate of drug-likeness (QED) is 0.421. The minimum atomic E-state index is -0.782. The van der Waals surface area contributed by atoms with E-state index in [1.165, 1.54) is 11.8 Å². The van der Waals surface area contributed by atoms with Gasteiger partial charge in [0.05, 0.1) is 22.5 Å². The van der Waals surface area contributed by atoms with Crippen molar-refractivity contribution in [1.29, 1.82) is 0 Å². The molecule has 0 aliphatic carbocycles. The minimum absolute atomic E-state index is 0.0906. The summed E-state index contributed by atoms with van der Waals surface area (Å²) in [6.45, 7) is 8.80. The number of nitrogens with zero attached hydrogens (tertiary/aromatic N) is 4. The average Bonchev–Trinajstić information content (AvgIpc) is 2.77. The maximum absolute atomic E-state index is 12.8. The van der Waals surface area contributed by atoms with Gasteiger partial charge in [0.1, 0.15) is 0 Å². The van der Waals surface area contributed by atoms with Gasteiger partial charge in [-0.2, -0.15) is 0 Å². The number of amides is 3. The highest BCUT2D eigenvalue weighted by Crippen LogP contribution is 2.23. The highest BCUT2D eigenvalue weighted by Gasteiger charge is 2.55. The van der Waals surface area contributed by atoms with E-state index in [2.05, 4.69) is 27.5 Å². The highest BCUT2D eigenvalue weighted by atomic mass is 79.9. The van der Waals surface area contributed by atoms with Crippen LogP contribution in [0.2, 0.25) is 0 Å². The molecule has 118 valence electrons. The van der Waals surface area contributed by atoms with Crippen molar-refractivity contribution in [3.8, 4) is 0 Å². The van der Waals surface area contributed by atoms with Gasteiger partial charge in [0, 0.05) is 7.05 Å². The van der Waals surface area contributed by atoms with Crippen molar-refractivity contribution in [3.05, 3.63) is 12.2 Å². The van der Waals surface area contributed by atoms with Gasteiger partial charge in [-0.25, -0.2) is 9.37 Å². The summed E-state index contributed by atoms with van der Waals surface area (Å²) in [5.74, 6) is -0.160. The lowest BCUT2D eigenvalue weighted by Crippen LogP contribution is -2.64. The van der Waals surface area contributed by atoms with E-state index in [0.717, 1.165) is 4.90 Å². The second-order valence-electron chi connectivity index (χ2n) is 5.56. The number of amidine groups is 2. The zero-order valence-electron chi connectivity index (χ0n) is 13.0. The molecule has 2 aliphatic rings. The van der Waals surface area contributed by atoms with Crippen LogP contribution in [0.5, 0.6) is 0 Å². The summed E-state index contributed by atoms with van der Waals surface area (Å²) in [4.78, 5) is 43.5. The second kappa shape index (κ2) is 5.75. The number of ketones is 1. The number of halogens is 1. The summed E-state index contributed by atoms with van der Waals surface area (Å²) >= 11 is 3.29. The Morgan fingerprint density at radius 1 is 1.45 bits per heavy atom. The van der Waals surface area contributed by atoms with Gasteiger partial charge in [0.15, 0.2) is 11.8 Å². The van der Waals surface area contributed by atoms with E-state index in [1.807, 2.05) is 0 Å². The number of urea groups is 1. The van der Waals surface area contributed by atoms with Crippen LogP contribution >= 0.6 is 15.9 Å². The standard InChI is InChI=1S/C14H18BrN4O3/c1-7(2)6-18-12(21)10-11(17(5)14(18)22)16-13(15)19(10)8(3)9(4)20/h8,10H,1,6H2,2-5H3/q+1. The summed E-state index contributed by atoms with van der Waals surface area (Å²) in [7, 11) is 1.56. The van der Waals surface area contributed by atoms with Gasteiger partial charge in [-0.3, -0.25) is 19.4 Å². The van der Waals surface area contributed by atoms with Gasteiger partial charge in [-0.1, -0.05) is 12.2 Å². The number of hydrogen-bond donors (Lipinski definition) is 0. The monoisotopic (exact) mass is 369 g/mol. The molecule has 0 saturated carbocycles. The number of fused-ring (bicyclic) bond motifs is 1. The van der Waals surface area contributed by atoms with E-state index in [4.69, 9.17) is 0 Å². The van der Waals surface area contributed by atoms with Gasteiger partial charge in [0.2, 0.25) is 0 Å². The topological polar surface area (TPSA) is 73.1 Å². The average molecular weight is 370 g/mol. The van der Waals surface area contributed by atoms with Crippen LogP contribution < -0.4 is 0 Å². The van der Waals surface area contributed by atoms with Crippen molar-refractivity contribution in [2.75, 3.05) is 13.6 Å². The van der Waals surface area contributed by atoms with Crippen molar-refractivity contribution in [1.82, 2.24) is 9.80 Å². The third kappa shape index (κ3) is 2.51. The zero-order chi connectivity index (χ0) is 16.8. The molecule has 2 rings (SSSR count). The molecule has 3 amide bonds. The Kier molecular flexibility index (Phi) is 4.32. The van der Waals surface area contributed by atoms with Crippen LogP contribution in [0, 0.1) is 0 Å². The molecule has 0 N–H and O–H groups in total. The van der Waals surface area contributed by atoms with Gasteiger partial charge < -0.3 is 0 Å². The first-order chi connectivity index (χ1) is 10.2. The molecule has 2 heterocycles. The van der Waals surface area contributed by atoms with Crippen LogP contribution in [-0.4, -0.2) is 68.4 Å². The van der Waals surface area contributed by atoms with Crippen LogP contribution in [0.4, 0.5) is 4.79 Å². The van der Waals surface area contributed by atoms with E-state index < -0.39 is 24.0 Å². The van der Waals surface area contributed by atoms with Crippen molar-refractivity contribution in [2.45, 2.75) is 32.9 Å². The molecule has 2 atom stereocenters. The fraction of sp³-hybridized carbons (Fsp3) is 0.500. The molecular weight excluding hydrogens is 352 g/mol. The number of hydrogen-bond acceptors (Lipinski definition) is 4. The summed E-state index contributed by atoms with van der Waals surface area (Å²) in [6, 6.07) is -1.76. The summed E-state index contributed by atoms with van der Waals surface area (Å²) in [6.07, 6.45) is 0. The zero-order valence-corrected chi connectivity index (χ0v) is 14.5. The van der Waals surface area contributed by atoms with E-state index in [1.54, 1.807) is 25.5 Å². The number of Topliss-reactive ketones (excluding diaryl/α,β-unsaturated/α-hetero) is 1. The molecule has 2 aliphatic heterocycles. The Balaban J connectivity index is 2.46. The smallest absolute Gasteiger partial charge is 0.295 e. The Morgan fingerprint density at radius 3 is 2.55 bits per heavy atom. The van der Waals surface area contributed by atoms with Crippen LogP contribution in [0.1, 0.15) is 20.8 Å². The molecule has 22 heavy (non-hydrogen) atoms. The van der Waals surface area contributed by atoms with Gasteiger partial charge in [-0.05, 0) is 25.8 Å². The largest absolute Gasteiger partial charge is 0.365 e. The molecule has 0 aromatic carbocycles. The number of carbonyl (C=O) groups is 3. The van der Waals surface area contributed by atoms with Gasteiger partial charge >= 0.3 is 10.8 Å². The van der Waals surface area contributed by atoms with E-state index in [-0.39, 0.29) is 12.3 Å². The Bertz CT molecular complexity index is 652. The number of carbonyl (C=O) groups excluding carboxylic acids is 3. The fourth-order valence-corrected chi connectivity index (χ4v) is 3.14. The molecule has 1 fully saturated rings. The molecule has 8 heteroatoms. The summed E-state index contributed by atoms with van der Waals surface area (Å²) in [5.41, 5.74) is 0.697. The van der Waals surface area contributed by atoms with Gasteiger partial charge in [-0.15, -0.1) is 0 Å². The lowest BCUT2D eigenvalue weighted by molar-refractivity contribution is -0.552. The van der Waals surface area contributed by atoms with Gasteiger partial charge in [0.25, 0.3) is 17.8 Å². The van der Waals surface area contributed by atoms with Crippen molar-refractivity contribution < 1.29 is 19.0 Å². The normalized spacial score (nSPS) is 22.8. The van der Waals surface area contributed by atoms with Crippen LogP contribution in [0.3, 0.4) is 0 Å². The Morgan fingerprint density at radius 2 is 2.05 bits per heavy atom. The third-order valence-electron chi connectivity index (χ3n) is 3.74. The van der Waals surface area contributed by atoms with Crippen LogP contribution in [0.15, 0.2) is 17.1 Å². The number of likely N-dealkylation sites (N-methyl/N-ethyl adjacent to an activating group) is 1. The molecule has 0 radical (unpaired) electrons. The first-order valence-electron chi connectivity index (χ1n) is 6.80. The molecule has 0 bridgehead atoms. The lowest BCUT2D eigenvalue weighted by Gasteiger charge is -2.33. The van der Waals surface area contributed by atoms with Crippen molar-refractivity contribution in [3.63, 3.8) is 0 Å². The van der Waals surface area contributed by atoms with E-state index in [0.29, 0.717) is 16.2 Å². The molecule has 1 saturated heterocycles.